The Morgan fingerprint density at radius 1 is 1.11 bits per heavy atom. The number of hydrogen-bond acceptors (Lipinski definition) is 3. The molecule has 0 rings (SSSR count). The first-order valence-electron chi connectivity index (χ1n) is 6.30. The fraction of sp³-hybridized carbons (Fsp3) is 0.923. The third-order valence-corrected chi connectivity index (χ3v) is 3.40. The zero-order valence-electron chi connectivity index (χ0n) is 12.5. The van der Waals surface area contributed by atoms with E-state index >= 15 is 0 Å². The van der Waals surface area contributed by atoms with Gasteiger partial charge in [-0.3, -0.25) is 4.79 Å². The van der Waals surface area contributed by atoms with Crippen molar-refractivity contribution in [3.05, 3.63) is 0 Å². The Morgan fingerprint density at radius 3 is 2.00 bits per heavy atom. The van der Waals surface area contributed by atoms with Gasteiger partial charge in [-0.2, -0.15) is 0 Å². The molecule has 0 heterocycles. The molecule has 0 fully saturated rings. The van der Waals surface area contributed by atoms with E-state index in [1.54, 1.807) is 0 Å². The summed E-state index contributed by atoms with van der Waals surface area (Å²) < 4.78 is 21.9. The molecule has 1 N–H and O–H groups in total. The molecule has 0 spiro atoms. The lowest BCUT2D eigenvalue weighted by atomic mass is 9.82. The van der Waals surface area contributed by atoms with Crippen LogP contribution in [-0.2, 0) is 14.6 Å². The van der Waals surface area contributed by atoms with E-state index in [1.165, 1.54) is 6.26 Å². The number of sulfone groups is 1. The Morgan fingerprint density at radius 2 is 1.61 bits per heavy atom. The molecule has 5 heteroatoms. The lowest BCUT2D eigenvalue weighted by Gasteiger charge is -2.33. The van der Waals surface area contributed by atoms with Crippen LogP contribution in [0.2, 0.25) is 0 Å². The first-order valence-corrected chi connectivity index (χ1v) is 8.36. The van der Waals surface area contributed by atoms with Crippen molar-refractivity contribution in [3.8, 4) is 0 Å². The van der Waals surface area contributed by atoms with Gasteiger partial charge in [0.2, 0.25) is 5.91 Å². The minimum Gasteiger partial charge on any atom is -0.351 e. The van der Waals surface area contributed by atoms with E-state index in [0.29, 0.717) is 6.42 Å². The van der Waals surface area contributed by atoms with Crippen LogP contribution in [0.15, 0.2) is 0 Å². The molecule has 0 atom stereocenters. The van der Waals surface area contributed by atoms with Gasteiger partial charge in [0.1, 0.15) is 9.84 Å². The second-order valence-corrected chi connectivity index (χ2v) is 9.16. The van der Waals surface area contributed by atoms with E-state index in [9.17, 15) is 13.2 Å². The van der Waals surface area contributed by atoms with Gasteiger partial charge < -0.3 is 5.32 Å². The molecule has 108 valence electrons. The summed E-state index contributed by atoms with van der Waals surface area (Å²) in [5.41, 5.74) is -0.121. The predicted molar refractivity (Wildman–Crippen MR) is 75.2 cm³/mol. The summed E-state index contributed by atoms with van der Waals surface area (Å²) in [4.78, 5) is 11.7. The van der Waals surface area contributed by atoms with Crippen molar-refractivity contribution in [1.82, 2.24) is 5.32 Å². The average molecular weight is 277 g/mol. The Kier molecular flexibility index (Phi) is 5.85. The third kappa shape index (κ3) is 10.6. The molecule has 0 radical (unpaired) electrons. The molecular formula is C13H27NO3S. The molecule has 0 unspecified atom stereocenters. The number of nitrogens with one attached hydrogen (secondary N) is 1. The van der Waals surface area contributed by atoms with Crippen molar-refractivity contribution in [1.29, 1.82) is 0 Å². The first-order chi connectivity index (χ1) is 7.81. The lowest BCUT2D eigenvalue weighted by molar-refractivity contribution is -0.122. The standard InChI is InChI=1S/C13H27NO3S/c1-12(2,3)10-13(4,5)14-11(15)8-7-9-18(6,16)17/h7-10H2,1-6H3,(H,14,15). The quantitative estimate of drug-likeness (QED) is 0.809. The van der Waals surface area contributed by atoms with Crippen LogP contribution in [0.4, 0.5) is 0 Å². The van der Waals surface area contributed by atoms with Gasteiger partial charge >= 0.3 is 0 Å². The molecule has 0 aromatic carbocycles. The molecule has 0 saturated carbocycles. The summed E-state index contributed by atoms with van der Waals surface area (Å²) in [6.45, 7) is 10.4. The molecule has 18 heavy (non-hydrogen) atoms. The van der Waals surface area contributed by atoms with Crippen molar-refractivity contribution in [2.45, 2.75) is 59.4 Å². The Bertz CT molecular complexity index is 378. The molecule has 0 saturated heterocycles. The minimum absolute atomic E-state index is 0.0696. The molecule has 0 aliphatic carbocycles. The summed E-state index contributed by atoms with van der Waals surface area (Å²) >= 11 is 0. The van der Waals surface area contributed by atoms with Gasteiger partial charge in [0.25, 0.3) is 0 Å². The highest BCUT2D eigenvalue weighted by Crippen LogP contribution is 2.26. The van der Waals surface area contributed by atoms with E-state index in [-0.39, 0.29) is 29.0 Å². The second-order valence-electron chi connectivity index (χ2n) is 6.90. The summed E-state index contributed by atoms with van der Waals surface area (Å²) in [6.07, 6.45) is 2.71. The van der Waals surface area contributed by atoms with Crippen LogP contribution < -0.4 is 5.32 Å². The van der Waals surface area contributed by atoms with E-state index in [0.717, 1.165) is 6.42 Å². The van der Waals surface area contributed by atoms with Crippen LogP contribution in [0.3, 0.4) is 0 Å². The van der Waals surface area contributed by atoms with Crippen molar-refractivity contribution in [2.75, 3.05) is 12.0 Å². The number of rotatable bonds is 6. The number of amides is 1. The zero-order chi connectivity index (χ0) is 14.6. The van der Waals surface area contributed by atoms with Crippen molar-refractivity contribution < 1.29 is 13.2 Å². The van der Waals surface area contributed by atoms with Crippen LogP contribution in [0.5, 0.6) is 0 Å². The molecular weight excluding hydrogens is 250 g/mol. The van der Waals surface area contributed by atoms with Gasteiger partial charge in [-0.05, 0) is 32.1 Å². The number of carbonyl (C=O) groups is 1. The van der Waals surface area contributed by atoms with Crippen LogP contribution in [-0.4, -0.2) is 31.9 Å². The van der Waals surface area contributed by atoms with Crippen LogP contribution in [0, 0.1) is 5.41 Å². The topological polar surface area (TPSA) is 63.2 Å². The molecule has 0 aliphatic heterocycles. The summed E-state index contributed by atoms with van der Waals surface area (Å²) in [5.74, 6) is -0.00646. The van der Waals surface area contributed by atoms with E-state index in [2.05, 4.69) is 26.1 Å². The van der Waals surface area contributed by atoms with E-state index in [1.807, 2.05) is 13.8 Å². The fourth-order valence-electron chi connectivity index (χ4n) is 2.30. The maximum absolute atomic E-state index is 11.7. The lowest BCUT2D eigenvalue weighted by Crippen LogP contribution is -2.45. The smallest absolute Gasteiger partial charge is 0.220 e. The van der Waals surface area contributed by atoms with Crippen LogP contribution >= 0.6 is 0 Å². The van der Waals surface area contributed by atoms with Crippen LogP contribution in [0.1, 0.15) is 53.9 Å². The zero-order valence-corrected chi connectivity index (χ0v) is 13.3. The molecule has 0 aromatic rings. The fourth-order valence-corrected chi connectivity index (χ4v) is 2.97. The van der Waals surface area contributed by atoms with Crippen LogP contribution in [0.25, 0.3) is 0 Å². The summed E-state index contributed by atoms with van der Waals surface area (Å²) in [7, 11) is -2.97. The number of carbonyl (C=O) groups excluding carboxylic acids is 1. The summed E-state index contributed by atoms with van der Waals surface area (Å²) in [6, 6.07) is 0. The monoisotopic (exact) mass is 277 g/mol. The molecule has 1 amide bonds. The maximum atomic E-state index is 11.7. The summed E-state index contributed by atoms with van der Waals surface area (Å²) in [5, 5.41) is 2.97. The molecule has 0 aromatic heterocycles. The molecule has 0 aliphatic rings. The van der Waals surface area contributed by atoms with Crippen molar-refractivity contribution in [2.24, 2.45) is 5.41 Å². The van der Waals surface area contributed by atoms with Gasteiger partial charge in [0.05, 0.1) is 5.75 Å². The number of hydrogen-bond donors (Lipinski definition) is 1. The van der Waals surface area contributed by atoms with Gasteiger partial charge in [-0.25, -0.2) is 8.42 Å². The van der Waals surface area contributed by atoms with Gasteiger partial charge in [0, 0.05) is 18.2 Å². The highest BCUT2D eigenvalue weighted by atomic mass is 32.2. The minimum atomic E-state index is -2.97. The normalized spacial score (nSPS) is 13.4. The van der Waals surface area contributed by atoms with Crippen molar-refractivity contribution >= 4 is 15.7 Å². The second kappa shape index (κ2) is 6.04. The Hall–Kier alpha value is -0.580. The average Bonchev–Trinajstić information content (AvgIpc) is 1.93. The highest BCUT2D eigenvalue weighted by molar-refractivity contribution is 7.90. The Balaban J connectivity index is 4.15. The van der Waals surface area contributed by atoms with E-state index in [4.69, 9.17) is 0 Å². The first kappa shape index (κ1) is 17.4. The predicted octanol–water partition coefficient (Wildman–Crippen LogP) is 2.14. The van der Waals surface area contributed by atoms with Gasteiger partial charge in [-0.15, -0.1) is 0 Å². The van der Waals surface area contributed by atoms with Crippen molar-refractivity contribution in [3.63, 3.8) is 0 Å². The van der Waals surface area contributed by atoms with E-state index < -0.39 is 9.84 Å². The molecule has 4 nitrogen and oxygen atoms in total. The maximum Gasteiger partial charge on any atom is 0.220 e. The highest BCUT2D eigenvalue weighted by Gasteiger charge is 2.26. The third-order valence-electron chi connectivity index (χ3n) is 2.37. The Labute approximate surface area is 111 Å². The molecule has 0 bridgehead atoms. The largest absolute Gasteiger partial charge is 0.351 e. The van der Waals surface area contributed by atoms with Gasteiger partial charge in [0.15, 0.2) is 0 Å². The SMILES string of the molecule is CC(C)(C)CC(C)(C)NC(=O)CCCS(C)(=O)=O. The van der Waals surface area contributed by atoms with Gasteiger partial charge in [-0.1, -0.05) is 20.8 Å².